The lowest BCUT2D eigenvalue weighted by Crippen LogP contribution is -2.16. The maximum Gasteiger partial charge on any atom is 0.141 e. The highest BCUT2D eigenvalue weighted by Crippen LogP contribution is 1.95. The van der Waals surface area contributed by atoms with Gasteiger partial charge in [-0.25, -0.2) is 0 Å². The van der Waals surface area contributed by atoms with Crippen LogP contribution in [0.3, 0.4) is 0 Å². The van der Waals surface area contributed by atoms with Gasteiger partial charge in [0.05, 0.1) is 0 Å². The predicted octanol–water partition coefficient (Wildman–Crippen LogP) is 1.63. The van der Waals surface area contributed by atoms with E-state index in [1.807, 2.05) is 0 Å². The molecule has 3 heteroatoms. The Balaban J connectivity index is 3.72. The van der Waals surface area contributed by atoms with Gasteiger partial charge in [-0.2, -0.15) is 0 Å². The molecule has 0 aromatic heterocycles. The zero-order valence-electron chi connectivity index (χ0n) is 6.06. The number of hydrogen-bond donors (Lipinski definition) is 0. The van der Waals surface area contributed by atoms with Crippen LogP contribution in [0.5, 0.6) is 0 Å². The van der Waals surface area contributed by atoms with Gasteiger partial charge < -0.3 is 0 Å². The van der Waals surface area contributed by atoms with E-state index in [0.717, 1.165) is 0 Å². The number of nitrogens with zero attached hydrogens (tertiary/aromatic N) is 1. The van der Waals surface area contributed by atoms with Crippen molar-refractivity contribution in [2.45, 2.75) is 19.6 Å². The normalized spacial score (nSPS) is 9.67. The first-order chi connectivity index (χ1) is 4.06. The second-order valence-corrected chi connectivity index (χ2v) is 7.59. The molecule has 0 aliphatic carbocycles. The summed E-state index contributed by atoms with van der Waals surface area (Å²) in [6.07, 6.45) is 0. The summed E-state index contributed by atoms with van der Waals surface area (Å²) in [6.45, 7) is 6.53. The quantitative estimate of drug-likeness (QED) is 0.310. The van der Waals surface area contributed by atoms with Crippen molar-refractivity contribution >= 4 is 8.07 Å². The summed E-state index contributed by atoms with van der Waals surface area (Å²) < 4.78 is 0. The fourth-order valence-electron chi connectivity index (χ4n) is 0.337. The van der Waals surface area contributed by atoms with Crippen molar-refractivity contribution in [2.75, 3.05) is 6.54 Å². The summed E-state index contributed by atoms with van der Waals surface area (Å²) in [4.78, 5) is 9.55. The SMILES string of the molecule is C[Si](C)(C)C#CCN=O. The van der Waals surface area contributed by atoms with Gasteiger partial charge in [0.25, 0.3) is 0 Å². The molecule has 0 rings (SSSR count). The minimum absolute atomic E-state index is 0.143. The van der Waals surface area contributed by atoms with Crippen LogP contribution in [-0.2, 0) is 0 Å². The van der Waals surface area contributed by atoms with Crippen LogP contribution in [0.15, 0.2) is 5.18 Å². The highest BCUT2D eigenvalue weighted by molar-refractivity contribution is 6.83. The van der Waals surface area contributed by atoms with Crippen LogP contribution in [0.4, 0.5) is 0 Å². The summed E-state index contributed by atoms with van der Waals surface area (Å²) in [6, 6.07) is 0. The Hall–Kier alpha value is -0.623. The van der Waals surface area contributed by atoms with E-state index in [1.54, 1.807) is 0 Å². The van der Waals surface area contributed by atoms with E-state index in [0.29, 0.717) is 0 Å². The maximum absolute atomic E-state index is 9.55. The lowest BCUT2D eigenvalue weighted by molar-refractivity contribution is 1.27. The van der Waals surface area contributed by atoms with Crippen LogP contribution >= 0.6 is 0 Å². The third-order valence-corrected chi connectivity index (χ3v) is 1.53. The van der Waals surface area contributed by atoms with E-state index in [9.17, 15) is 4.91 Å². The van der Waals surface area contributed by atoms with E-state index in [4.69, 9.17) is 0 Å². The molecule has 0 aromatic rings. The summed E-state index contributed by atoms with van der Waals surface area (Å²) in [7, 11) is -1.25. The van der Waals surface area contributed by atoms with Crippen molar-refractivity contribution in [3.05, 3.63) is 4.91 Å². The highest BCUT2D eigenvalue weighted by Gasteiger charge is 2.06. The Kier molecular flexibility index (Phi) is 3.18. The highest BCUT2D eigenvalue weighted by atomic mass is 28.3. The predicted molar refractivity (Wildman–Crippen MR) is 41.8 cm³/mol. The molecule has 0 fully saturated rings. The van der Waals surface area contributed by atoms with Crippen LogP contribution in [0, 0.1) is 16.4 Å². The van der Waals surface area contributed by atoms with Crippen molar-refractivity contribution < 1.29 is 0 Å². The Bertz CT molecular complexity index is 149. The molecule has 0 aliphatic heterocycles. The van der Waals surface area contributed by atoms with Crippen LogP contribution in [0.25, 0.3) is 0 Å². The second-order valence-electron chi connectivity index (χ2n) is 2.84. The minimum Gasteiger partial charge on any atom is -0.150 e. The third kappa shape index (κ3) is 7.38. The van der Waals surface area contributed by atoms with Crippen molar-refractivity contribution in [3.8, 4) is 11.5 Å². The Morgan fingerprint density at radius 1 is 1.44 bits per heavy atom. The van der Waals surface area contributed by atoms with Gasteiger partial charge in [0.2, 0.25) is 0 Å². The molecule has 0 heterocycles. The van der Waals surface area contributed by atoms with E-state index in [2.05, 4.69) is 36.3 Å². The maximum atomic E-state index is 9.55. The summed E-state index contributed by atoms with van der Waals surface area (Å²) >= 11 is 0. The van der Waals surface area contributed by atoms with Crippen LogP contribution in [0.1, 0.15) is 0 Å². The molecular weight excluding hydrogens is 130 g/mol. The molecular formula is C6H11NOSi. The molecule has 2 nitrogen and oxygen atoms in total. The molecule has 0 bridgehead atoms. The standard InChI is InChI=1S/C6H11NOSi/c1-9(2,3)6-4-5-7-8/h5H2,1-3H3. The molecule has 0 radical (unpaired) electrons. The Morgan fingerprint density at radius 3 is 2.33 bits per heavy atom. The summed E-state index contributed by atoms with van der Waals surface area (Å²) in [5.74, 6) is 2.71. The number of hydrogen-bond acceptors (Lipinski definition) is 2. The van der Waals surface area contributed by atoms with Gasteiger partial charge >= 0.3 is 0 Å². The van der Waals surface area contributed by atoms with Crippen molar-refractivity contribution in [1.29, 1.82) is 0 Å². The molecule has 0 atom stereocenters. The molecule has 9 heavy (non-hydrogen) atoms. The first-order valence-electron chi connectivity index (χ1n) is 2.85. The van der Waals surface area contributed by atoms with Gasteiger partial charge in [0.15, 0.2) is 0 Å². The number of rotatable bonds is 1. The Morgan fingerprint density at radius 2 is 2.00 bits per heavy atom. The van der Waals surface area contributed by atoms with E-state index < -0.39 is 8.07 Å². The fraction of sp³-hybridized carbons (Fsp3) is 0.667. The molecule has 0 saturated heterocycles. The summed E-state index contributed by atoms with van der Waals surface area (Å²) in [5, 5.41) is 2.64. The summed E-state index contributed by atoms with van der Waals surface area (Å²) in [5.41, 5.74) is 3.02. The van der Waals surface area contributed by atoms with Crippen molar-refractivity contribution in [1.82, 2.24) is 0 Å². The second kappa shape index (κ2) is 3.41. The molecule has 50 valence electrons. The Labute approximate surface area is 56.6 Å². The van der Waals surface area contributed by atoms with Gasteiger partial charge in [-0.15, -0.1) is 10.5 Å². The molecule has 0 unspecified atom stereocenters. The molecule has 0 aliphatic rings. The smallest absolute Gasteiger partial charge is 0.141 e. The fourth-order valence-corrected chi connectivity index (χ4v) is 0.946. The van der Waals surface area contributed by atoms with Gasteiger partial charge in [-0.05, 0) is 0 Å². The van der Waals surface area contributed by atoms with Crippen molar-refractivity contribution in [2.24, 2.45) is 5.18 Å². The van der Waals surface area contributed by atoms with Gasteiger partial charge in [0, 0.05) is 0 Å². The van der Waals surface area contributed by atoms with E-state index in [-0.39, 0.29) is 6.54 Å². The lowest BCUT2D eigenvalue weighted by atomic mass is 10.7. The van der Waals surface area contributed by atoms with Gasteiger partial charge in [0.1, 0.15) is 14.6 Å². The van der Waals surface area contributed by atoms with Crippen LogP contribution < -0.4 is 0 Å². The lowest BCUT2D eigenvalue weighted by Gasteiger charge is -2.02. The number of nitroso groups, excluding NO2 is 1. The van der Waals surface area contributed by atoms with Crippen LogP contribution in [-0.4, -0.2) is 14.6 Å². The average Bonchev–Trinajstić information content (AvgIpc) is 1.63. The monoisotopic (exact) mass is 141 g/mol. The van der Waals surface area contributed by atoms with Gasteiger partial charge in [-0.1, -0.05) is 30.7 Å². The minimum atomic E-state index is -1.25. The third-order valence-electron chi connectivity index (χ3n) is 0.607. The molecule has 0 amide bonds. The van der Waals surface area contributed by atoms with Crippen LogP contribution in [0.2, 0.25) is 19.6 Å². The van der Waals surface area contributed by atoms with E-state index in [1.165, 1.54) is 0 Å². The molecule has 0 N–H and O–H groups in total. The zero-order chi connectivity index (χ0) is 7.33. The topological polar surface area (TPSA) is 29.4 Å². The molecule has 0 saturated carbocycles. The first-order valence-corrected chi connectivity index (χ1v) is 6.35. The van der Waals surface area contributed by atoms with Gasteiger partial charge in [-0.3, -0.25) is 0 Å². The molecule has 0 spiro atoms. The largest absolute Gasteiger partial charge is 0.150 e. The average molecular weight is 141 g/mol. The van der Waals surface area contributed by atoms with Crippen molar-refractivity contribution in [3.63, 3.8) is 0 Å². The zero-order valence-corrected chi connectivity index (χ0v) is 7.06. The van der Waals surface area contributed by atoms with E-state index >= 15 is 0 Å². The first kappa shape index (κ1) is 8.38. The molecule has 0 aromatic carbocycles.